The molecule has 2 aliphatic heterocycles. The van der Waals surface area contributed by atoms with E-state index in [1.54, 1.807) is 4.90 Å². The lowest BCUT2D eigenvalue weighted by Gasteiger charge is -2.33. The average Bonchev–Trinajstić information content (AvgIpc) is 3.09. The second-order valence-corrected chi connectivity index (χ2v) is 9.54. The zero-order valence-electron chi connectivity index (χ0n) is 20.1. The molecular formula is C29H34N2O3. The van der Waals surface area contributed by atoms with Crippen molar-refractivity contribution in [3.8, 4) is 5.75 Å². The molecule has 178 valence electrons. The standard InChI is InChI=1S/C29H34N2O3/c1-2-34-24-18-16-22(17-19-24)26-27(30-20-10-12-21-11-8-9-15-25(21)30)29(33)31(28(26)32)23-13-6-4-3-5-7-14-23/h8-9,11,15-19,23H,2-7,10,12-14,20H2,1H3. The Morgan fingerprint density at radius 2 is 1.56 bits per heavy atom. The maximum absolute atomic E-state index is 14.1. The predicted molar refractivity (Wildman–Crippen MR) is 135 cm³/mol. The molecule has 2 heterocycles. The molecule has 0 radical (unpaired) electrons. The van der Waals surface area contributed by atoms with Crippen LogP contribution in [0.3, 0.4) is 0 Å². The number of amides is 2. The van der Waals surface area contributed by atoms with Crippen LogP contribution in [0.5, 0.6) is 5.75 Å². The number of hydrogen-bond acceptors (Lipinski definition) is 4. The number of fused-ring (bicyclic) bond motifs is 1. The molecule has 5 nitrogen and oxygen atoms in total. The van der Waals surface area contributed by atoms with Gasteiger partial charge in [0.2, 0.25) is 0 Å². The van der Waals surface area contributed by atoms with Crippen LogP contribution in [0.1, 0.15) is 69.4 Å². The molecule has 0 bridgehead atoms. The number of carbonyl (C=O) groups excluding carboxylic acids is 2. The minimum absolute atomic E-state index is 0.0180. The highest BCUT2D eigenvalue weighted by molar-refractivity contribution is 6.37. The summed E-state index contributed by atoms with van der Waals surface area (Å²) in [6.07, 6.45) is 9.51. The van der Waals surface area contributed by atoms with Gasteiger partial charge in [-0.05, 0) is 61.9 Å². The van der Waals surface area contributed by atoms with E-state index < -0.39 is 0 Å². The first kappa shape index (κ1) is 22.7. The van der Waals surface area contributed by atoms with Gasteiger partial charge in [-0.25, -0.2) is 0 Å². The molecule has 2 aromatic carbocycles. The molecule has 3 aliphatic rings. The minimum atomic E-state index is -0.141. The normalized spacial score (nSPS) is 19.8. The molecule has 0 spiro atoms. The number of nitrogens with zero attached hydrogens (tertiary/aromatic N) is 2. The van der Waals surface area contributed by atoms with Crippen molar-refractivity contribution in [3.05, 3.63) is 65.4 Å². The maximum atomic E-state index is 14.1. The Morgan fingerprint density at radius 1 is 0.853 bits per heavy atom. The van der Waals surface area contributed by atoms with Gasteiger partial charge < -0.3 is 9.64 Å². The van der Waals surface area contributed by atoms with Crippen LogP contribution in [-0.4, -0.2) is 35.9 Å². The number of para-hydroxylation sites is 1. The largest absolute Gasteiger partial charge is 0.494 e. The molecule has 5 heteroatoms. The molecule has 0 N–H and O–H groups in total. The summed E-state index contributed by atoms with van der Waals surface area (Å²) >= 11 is 0. The Bertz CT molecular complexity index is 1080. The van der Waals surface area contributed by atoms with E-state index >= 15 is 0 Å². The number of carbonyl (C=O) groups is 2. The van der Waals surface area contributed by atoms with Gasteiger partial charge in [0.15, 0.2) is 0 Å². The zero-order valence-corrected chi connectivity index (χ0v) is 20.1. The first-order valence-corrected chi connectivity index (χ1v) is 12.9. The van der Waals surface area contributed by atoms with Crippen molar-refractivity contribution in [1.82, 2.24) is 4.90 Å². The van der Waals surface area contributed by atoms with Gasteiger partial charge in [-0.1, -0.05) is 62.4 Å². The van der Waals surface area contributed by atoms with Crippen LogP contribution in [0.2, 0.25) is 0 Å². The number of aryl methyl sites for hydroxylation is 1. The van der Waals surface area contributed by atoms with E-state index in [1.165, 1.54) is 24.8 Å². The minimum Gasteiger partial charge on any atom is -0.494 e. The summed E-state index contributed by atoms with van der Waals surface area (Å²) in [5.74, 6) is 0.499. The van der Waals surface area contributed by atoms with Gasteiger partial charge in [0.25, 0.3) is 11.8 Å². The molecule has 0 aromatic heterocycles. The number of benzene rings is 2. The van der Waals surface area contributed by atoms with Gasteiger partial charge in [-0.15, -0.1) is 0 Å². The molecule has 0 saturated heterocycles. The molecule has 34 heavy (non-hydrogen) atoms. The first-order chi connectivity index (χ1) is 16.7. The third-order valence-corrected chi connectivity index (χ3v) is 7.36. The lowest BCUT2D eigenvalue weighted by molar-refractivity contribution is -0.140. The highest BCUT2D eigenvalue weighted by atomic mass is 16.5. The summed E-state index contributed by atoms with van der Waals surface area (Å²) in [5.41, 5.74) is 4.15. The predicted octanol–water partition coefficient (Wildman–Crippen LogP) is 5.73. The quantitative estimate of drug-likeness (QED) is 0.537. The number of imide groups is 1. The number of hydrogen-bond donors (Lipinski definition) is 0. The fourth-order valence-corrected chi connectivity index (χ4v) is 5.72. The van der Waals surface area contributed by atoms with Gasteiger partial charge in [0.05, 0.1) is 12.2 Å². The van der Waals surface area contributed by atoms with Crippen molar-refractivity contribution in [2.45, 2.75) is 70.8 Å². The summed E-state index contributed by atoms with van der Waals surface area (Å²) in [7, 11) is 0. The summed E-state index contributed by atoms with van der Waals surface area (Å²) < 4.78 is 5.61. The molecule has 0 unspecified atom stereocenters. The van der Waals surface area contributed by atoms with Gasteiger partial charge >= 0.3 is 0 Å². The summed E-state index contributed by atoms with van der Waals surface area (Å²) in [6.45, 7) is 3.28. The van der Waals surface area contributed by atoms with Crippen LogP contribution >= 0.6 is 0 Å². The second kappa shape index (κ2) is 10.0. The van der Waals surface area contributed by atoms with Crippen molar-refractivity contribution in [3.63, 3.8) is 0 Å². The molecule has 2 aromatic rings. The second-order valence-electron chi connectivity index (χ2n) is 9.54. The van der Waals surface area contributed by atoms with Crippen molar-refractivity contribution < 1.29 is 14.3 Å². The highest BCUT2D eigenvalue weighted by Crippen LogP contribution is 2.40. The third-order valence-electron chi connectivity index (χ3n) is 7.36. The van der Waals surface area contributed by atoms with E-state index in [0.29, 0.717) is 17.9 Å². The fraction of sp³-hybridized carbons (Fsp3) is 0.448. The molecule has 1 fully saturated rings. The van der Waals surface area contributed by atoms with E-state index in [1.807, 2.05) is 43.3 Å². The van der Waals surface area contributed by atoms with E-state index in [2.05, 4.69) is 17.0 Å². The molecule has 1 saturated carbocycles. The molecule has 1 aliphatic carbocycles. The van der Waals surface area contributed by atoms with Gasteiger partial charge in [-0.3, -0.25) is 14.5 Å². The van der Waals surface area contributed by atoms with Crippen LogP contribution in [0, 0.1) is 0 Å². The number of anilines is 1. The smallest absolute Gasteiger partial charge is 0.278 e. The van der Waals surface area contributed by atoms with Gasteiger partial charge in [0, 0.05) is 18.3 Å². The fourth-order valence-electron chi connectivity index (χ4n) is 5.72. The van der Waals surface area contributed by atoms with Crippen molar-refractivity contribution in [1.29, 1.82) is 0 Å². The van der Waals surface area contributed by atoms with Gasteiger partial charge in [0.1, 0.15) is 11.4 Å². The Balaban J connectivity index is 1.58. The van der Waals surface area contributed by atoms with Crippen molar-refractivity contribution >= 4 is 23.1 Å². The van der Waals surface area contributed by atoms with Crippen LogP contribution in [0.4, 0.5) is 5.69 Å². The van der Waals surface area contributed by atoms with E-state index in [0.717, 1.165) is 62.1 Å². The molecular weight excluding hydrogens is 424 g/mol. The lowest BCUT2D eigenvalue weighted by Crippen LogP contribution is -2.43. The van der Waals surface area contributed by atoms with Crippen molar-refractivity contribution in [2.24, 2.45) is 0 Å². The summed E-state index contributed by atoms with van der Waals surface area (Å²) in [5, 5.41) is 0. The maximum Gasteiger partial charge on any atom is 0.278 e. The van der Waals surface area contributed by atoms with E-state index in [9.17, 15) is 9.59 Å². The monoisotopic (exact) mass is 458 g/mol. The van der Waals surface area contributed by atoms with Crippen LogP contribution in [0.25, 0.3) is 5.57 Å². The topological polar surface area (TPSA) is 49.9 Å². The first-order valence-electron chi connectivity index (χ1n) is 12.9. The molecule has 2 amide bonds. The lowest BCUT2D eigenvalue weighted by atomic mass is 9.95. The number of rotatable bonds is 5. The van der Waals surface area contributed by atoms with Crippen LogP contribution in [-0.2, 0) is 16.0 Å². The number of ether oxygens (including phenoxy) is 1. The van der Waals surface area contributed by atoms with Crippen LogP contribution in [0.15, 0.2) is 54.2 Å². The Hall–Kier alpha value is -3.08. The Kier molecular flexibility index (Phi) is 6.70. The molecule has 5 rings (SSSR count). The van der Waals surface area contributed by atoms with E-state index in [-0.39, 0.29) is 17.9 Å². The Labute approximate surface area is 202 Å². The highest BCUT2D eigenvalue weighted by Gasteiger charge is 2.45. The summed E-state index contributed by atoms with van der Waals surface area (Å²) in [4.78, 5) is 31.7. The van der Waals surface area contributed by atoms with Crippen LogP contribution < -0.4 is 9.64 Å². The Morgan fingerprint density at radius 3 is 2.29 bits per heavy atom. The molecule has 0 atom stereocenters. The SMILES string of the molecule is CCOc1ccc(C2=C(N3CCCc4ccccc43)C(=O)N(C3CCCCCCC3)C2=O)cc1. The van der Waals surface area contributed by atoms with E-state index in [4.69, 9.17) is 4.74 Å². The summed E-state index contributed by atoms with van der Waals surface area (Å²) in [6, 6.07) is 15.9. The third kappa shape index (κ3) is 4.24. The average molecular weight is 459 g/mol. The van der Waals surface area contributed by atoms with Gasteiger partial charge in [-0.2, -0.15) is 0 Å². The zero-order chi connectivity index (χ0) is 23.5. The van der Waals surface area contributed by atoms with Crippen molar-refractivity contribution in [2.75, 3.05) is 18.1 Å².